The van der Waals surface area contributed by atoms with Crippen molar-refractivity contribution >= 4 is 28.5 Å². The summed E-state index contributed by atoms with van der Waals surface area (Å²) in [4.78, 5) is 16.9. The number of ether oxygens (including phenoxy) is 1. The van der Waals surface area contributed by atoms with E-state index in [0.717, 1.165) is 17.7 Å². The zero-order chi connectivity index (χ0) is 19.9. The number of methoxy groups -OCH3 is 1. The van der Waals surface area contributed by atoms with E-state index in [2.05, 4.69) is 29.4 Å². The molecule has 0 aliphatic rings. The second-order valence-corrected chi connectivity index (χ2v) is 6.85. The molecule has 0 bridgehead atoms. The number of carbonyl (C=O) groups excluding carboxylic acids is 1. The van der Waals surface area contributed by atoms with Crippen molar-refractivity contribution < 1.29 is 9.53 Å². The number of benzene rings is 2. The van der Waals surface area contributed by atoms with Crippen LogP contribution in [-0.4, -0.2) is 18.0 Å². The van der Waals surface area contributed by atoms with Gasteiger partial charge in [-0.3, -0.25) is 10.1 Å². The van der Waals surface area contributed by atoms with Crippen LogP contribution in [0, 0.1) is 11.3 Å². The number of hydrogen-bond acceptors (Lipinski definition) is 5. The van der Waals surface area contributed by atoms with E-state index >= 15 is 0 Å². The van der Waals surface area contributed by atoms with Crippen LogP contribution >= 0.6 is 11.3 Å². The molecule has 140 valence electrons. The van der Waals surface area contributed by atoms with E-state index < -0.39 is 5.91 Å². The molecule has 0 radical (unpaired) electrons. The molecule has 0 atom stereocenters. The number of carbonyl (C=O) groups is 1. The highest BCUT2D eigenvalue weighted by Crippen LogP contribution is 2.26. The molecule has 0 saturated carbocycles. The Bertz CT molecular complexity index is 1050. The topological polar surface area (TPSA) is 75.0 Å². The fraction of sp³-hybridized carbons (Fsp3) is 0.136. The Hall–Kier alpha value is -3.43. The Morgan fingerprint density at radius 1 is 1.29 bits per heavy atom. The number of aryl methyl sites for hydroxylation is 1. The third-order valence-electron chi connectivity index (χ3n) is 4.15. The maximum atomic E-state index is 12.5. The number of anilines is 1. The smallest absolute Gasteiger partial charge is 0.268 e. The van der Waals surface area contributed by atoms with Gasteiger partial charge in [0.2, 0.25) is 0 Å². The van der Waals surface area contributed by atoms with Crippen LogP contribution in [0.2, 0.25) is 0 Å². The molecule has 28 heavy (non-hydrogen) atoms. The van der Waals surface area contributed by atoms with E-state index in [1.807, 2.05) is 23.6 Å². The first-order chi connectivity index (χ1) is 13.6. The van der Waals surface area contributed by atoms with Gasteiger partial charge in [0.25, 0.3) is 5.91 Å². The maximum absolute atomic E-state index is 12.5. The summed E-state index contributed by atoms with van der Waals surface area (Å²) in [5, 5.41) is 14.4. The zero-order valence-electron chi connectivity index (χ0n) is 15.6. The van der Waals surface area contributed by atoms with E-state index in [4.69, 9.17) is 4.74 Å². The van der Waals surface area contributed by atoms with E-state index in [-0.39, 0.29) is 5.57 Å². The molecule has 3 aromatic rings. The standard InChI is InChI=1S/C22H19N3O2S/c1-3-15-7-9-17(10-8-15)20-14-28-22(24-20)25-21(26)18(13-23)11-16-5-4-6-19(12-16)27-2/h4-12,14H,3H2,1-2H3,(H,24,25,26)/b18-11+. The Kier molecular flexibility index (Phi) is 6.20. The predicted molar refractivity (Wildman–Crippen MR) is 112 cm³/mol. The van der Waals surface area contributed by atoms with Crippen LogP contribution in [0.3, 0.4) is 0 Å². The van der Waals surface area contributed by atoms with Crippen molar-refractivity contribution in [1.29, 1.82) is 5.26 Å². The summed E-state index contributed by atoms with van der Waals surface area (Å²) in [5.74, 6) is 0.164. The number of rotatable bonds is 6. The van der Waals surface area contributed by atoms with Gasteiger partial charge in [-0.2, -0.15) is 5.26 Å². The highest BCUT2D eigenvalue weighted by atomic mass is 32.1. The molecule has 0 spiro atoms. The van der Waals surface area contributed by atoms with E-state index in [1.165, 1.54) is 23.0 Å². The lowest BCUT2D eigenvalue weighted by Crippen LogP contribution is -2.13. The molecule has 6 heteroatoms. The molecule has 5 nitrogen and oxygen atoms in total. The maximum Gasteiger partial charge on any atom is 0.268 e. The lowest BCUT2D eigenvalue weighted by molar-refractivity contribution is -0.112. The van der Waals surface area contributed by atoms with Crippen molar-refractivity contribution in [2.45, 2.75) is 13.3 Å². The monoisotopic (exact) mass is 389 g/mol. The minimum atomic E-state index is -0.493. The van der Waals surface area contributed by atoms with Gasteiger partial charge in [0, 0.05) is 10.9 Å². The summed E-state index contributed by atoms with van der Waals surface area (Å²) in [7, 11) is 1.57. The lowest BCUT2D eigenvalue weighted by atomic mass is 10.1. The van der Waals surface area contributed by atoms with E-state index in [9.17, 15) is 10.1 Å². The van der Waals surface area contributed by atoms with Gasteiger partial charge in [0.05, 0.1) is 12.8 Å². The second-order valence-electron chi connectivity index (χ2n) is 5.99. The summed E-state index contributed by atoms with van der Waals surface area (Å²) in [6, 6.07) is 17.3. The number of nitriles is 1. The molecule has 1 heterocycles. The van der Waals surface area contributed by atoms with Gasteiger partial charge >= 0.3 is 0 Å². The van der Waals surface area contributed by atoms with Crippen LogP contribution in [0.5, 0.6) is 5.75 Å². The highest BCUT2D eigenvalue weighted by Gasteiger charge is 2.13. The van der Waals surface area contributed by atoms with Gasteiger partial charge in [-0.25, -0.2) is 4.98 Å². The van der Waals surface area contributed by atoms with Crippen molar-refractivity contribution in [1.82, 2.24) is 4.98 Å². The quantitative estimate of drug-likeness (QED) is 0.479. The molecule has 0 aliphatic heterocycles. The molecule has 0 saturated heterocycles. The van der Waals surface area contributed by atoms with Crippen molar-refractivity contribution in [2.75, 3.05) is 12.4 Å². The number of nitrogens with one attached hydrogen (secondary N) is 1. The summed E-state index contributed by atoms with van der Waals surface area (Å²) < 4.78 is 5.16. The number of hydrogen-bond donors (Lipinski definition) is 1. The van der Waals surface area contributed by atoms with Gasteiger partial charge in [-0.05, 0) is 35.8 Å². The first kappa shape index (κ1) is 19.3. The number of nitrogens with zero attached hydrogens (tertiary/aromatic N) is 2. The Morgan fingerprint density at radius 2 is 2.07 bits per heavy atom. The largest absolute Gasteiger partial charge is 0.497 e. The van der Waals surface area contributed by atoms with Gasteiger partial charge in [-0.15, -0.1) is 11.3 Å². The summed E-state index contributed by atoms with van der Waals surface area (Å²) in [6.45, 7) is 2.11. The third kappa shape index (κ3) is 4.64. The zero-order valence-corrected chi connectivity index (χ0v) is 16.4. The number of aromatic nitrogens is 1. The van der Waals surface area contributed by atoms with Crippen LogP contribution in [0.25, 0.3) is 17.3 Å². The average molecular weight is 389 g/mol. The highest BCUT2D eigenvalue weighted by molar-refractivity contribution is 7.14. The van der Waals surface area contributed by atoms with Crippen molar-refractivity contribution in [3.63, 3.8) is 0 Å². The first-order valence-corrected chi connectivity index (χ1v) is 9.63. The number of amides is 1. The Morgan fingerprint density at radius 3 is 2.75 bits per heavy atom. The van der Waals surface area contributed by atoms with Crippen LogP contribution < -0.4 is 10.1 Å². The summed E-state index contributed by atoms with van der Waals surface area (Å²) >= 11 is 1.32. The molecule has 0 unspecified atom stereocenters. The summed E-state index contributed by atoms with van der Waals surface area (Å²) in [5.41, 5.74) is 3.74. The van der Waals surface area contributed by atoms with Gasteiger partial charge < -0.3 is 4.74 Å². The van der Waals surface area contributed by atoms with Gasteiger partial charge in [0.15, 0.2) is 5.13 Å². The third-order valence-corrected chi connectivity index (χ3v) is 4.91. The van der Waals surface area contributed by atoms with Crippen LogP contribution in [-0.2, 0) is 11.2 Å². The molecule has 0 fully saturated rings. The molecule has 1 amide bonds. The van der Waals surface area contributed by atoms with Gasteiger partial charge in [0.1, 0.15) is 17.4 Å². The Labute approximate surface area is 167 Å². The molecule has 1 aromatic heterocycles. The lowest BCUT2D eigenvalue weighted by Gasteiger charge is -2.03. The van der Waals surface area contributed by atoms with E-state index in [0.29, 0.717) is 16.4 Å². The van der Waals surface area contributed by atoms with Crippen molar-refractivity contribution in [2.24, 2.45) is 0 Å². The molecular formula is C22H19N3O2S. The van der Waals surface area contributed by atoms with Gasteiger partial charge in [-0.1, -0.05) is 43.3 Å². The molecule has 1 N–H and O–H groups in total. The molecule has 3 rings (SSSR count). The normalized spacial score (nSPS) is 11.0. The average Bonchev–Trinajstić information content (AvgIpc) is 3.20. The fourth-order valence-corrected chi connectivity index (χ4v) is 3.30. The van der Waals surface area contributed by atoms with Crippen molar-refractivity contribution in [3.05, 3.63) is 70.6 Å². The first-order valence-electron chi connectivity index (χ1n) is 8.75. The minimum absolute atomic E-state index is 0.00250. The van der Waals surface area contributed by atoms with Crippen molar-refractivity contribution in [3.8, 4) is 23.1 Å². The van der Waals surface area contributed by atoms with Crippen LogP contribution in [0.1, 0.15) is 18.1 Å². The Balaban J connectivity index is 1.75. The number of thiazole rings is 1. The molecule has 0 aliphatic carbocycles. The predicted octanol–water partition coefficient (Wildman–Crippen LogP) is 4.93. The van der Waals surface area contributed by atoms with Crippen LogP contribution in [0.15, 0.2) is 59.5 Å². The SMILES string of the molecule is CCc1ccc(-c2csc(NC(=O)/C(C#N)=C/c3cccc(OC)c3)n2)cc1. The van der Waals surface area contributed by atoms with Crippen LogP contribution in [0.4, 0.5) is 5.13 Å². The van der Waals surface area contributed by atoms with E-state index in [1.54, 1.807) is 31.4 Å². The summed E-state index contributed by atoms with van der Waals surface area (Å²) in [6.07, 6.45) is 2.51. The second kappa shape index (κ2) is 8.98. The molecular weight excluding hydrogens is 370 g/mol. The minimum Gasteiger partial charge on any atom is -0.497 e. The fourth-order valence-electron chi connectivity index (χ4n) is 2.59. The molecule has 2 aromatic carbocycles.